The van der Waals surface area contributed by atoms with Crippen LogP contribution in [0.1, 0.15) is 16.1 Å². The number of nitrogens with zero attached hydrogens (tertiary/aromatic N) is 2. The predicted molar refractivity (Wildman–Crippen MR) is 63.4 cm³/mol. The van der Waals surface area contributed by atoms with Crippen molar-refractivity contribution in [2.45, 2.75) is 6.92 Å². The Hall–Kier alpha value is -0.940. The van der Waals surface area contributed by atoms with E-state index in [2.05, 4.69) is 20.9 Å². The lowest BCUT2D eigenvalue weighted by molar-refractivity contribution is 0.0299. The molecular formula is C11H13BrN2O2. The largest absolute Gasteiger partial charge is 0.378 e. The number of carbonyl (C=O) groups is 1. The average molecular weight is 285 g/mol. The molecule has 1 aliphatic heterocycles. The number of aromatic nitrogens is 1. The second kappa shape index (κ2) is 4.93. The predicted octanol–water partition coefficient (Wildman–Crippen LogP) is 1.62. The summed E-state index contributed by atoms with van der Waals surface area (Å²) in [5.41, 5.74) is 1.52. The maximum absolute atomic E-state index is 12.1. The maximum atomic E-state index is 12.1. The summed E-state index contributed by atoms with van der Waals surface area (Å²) >= 11 is 3.37. The second-order valence-electron chi connectivity index (χ2n) is 3.72. The Balaban J connectivity index is 2.16. The molecule has 1 aliphatic rings. The minimum absolute atomic E-state index is 0.0149. The Morgan fingerprint density at radius 2 is 2.19 bits per heavy atom. The lowest BCUT2D eigenvalue weighted by Crippen LogP contribution is -2.41. The van der Waals surface area contributed by atoms with Crippen molar-refractivity contribution in [3.05, 3.63) is 28.0 Å². The molecule has 1 saturated heterocycles. The Kier molecular flexibility index (Phi) is 3.56. The number of hydrogen-bond donors (Lipinski definition) is 0. The van der Waals surface area contributed by atoms with Gasteiger partial charge in [0.05, 0.1) is 13.2 Å². The molecule has 1 aromatic heterocycles. The lowest BCUT2D eigenvalue weighted by Gasteiger charge is -2.26. The van der Waals surface area contributed by atoms with Crippen LogP contribution in [0.4, 0.5) is 0 Å². The molecule has 0 bridgehead atoms. The molecule has 0 aromatic carbocycles. The molecule has 0 radical (unpaired) electrons. The van der Waals surface area contributed by atoms with Crippen LogP contribution < -0.4 is 0 Å². The number of carbonyl (C=O) groups excluding carboxylic acids is 1. The molecule has 86 valence electrons. The first-order chi connectivity index (χ1) is 7.68. The van der Waals surface area contributed by atoms with Crippen molar-refractivity contribution in [3.63, 3.8) is 0 Å². The second-order valence-corrected chi connectivity index (χ2v) is 4.58. The zero-order valence-corrected chi connectivity index (χ0v) is 10.7. The van der Waals surface area contributed by atoms with Crippen LogP contribution >= 0.6 is 15.9 Å². The van der Waals surface area contributed by atoms with Gasteiger partial charge >= 0.3 is 0 Å². The quantitative estimate of drug-likeness (QED) is 0.787. The fraction of sp³-hybridized carbons (Fsp3) is 0.455. The summed E-state index contributed by atoms with van der Waals surface area (Å²) in [4.78, 5) is 18.0. The van der Waals surface area contributed by atoms with E-state index in [1.165, 1.54) is 0 Å². The fourth-order valence-electron chi connectivity index (χ4n) is 1.58. The van der Waals surface area contributed by atoms with E-state index >= 15 is 0 Å². The summed E-state index contributed by atoms with van der Waals surface area (Å²) in [5, 5.41) is 0. The summed E-state index contributed by atoms with van der Waals surface area (Å²) in [6.45, 7) is 4.47. The monoisotopic (exact) mass is 284 g/mol. The Labute approximate surface area is 103 Å². The fourth-order valence-corrected chi connectivity index (χ4v) is 1.80. The zero-order valence-electron chi connectivity index (χ0n) is 9.07. The van der Waals surface area contributed by atoms with Gasteiger partial charge in [-0.2, -0.15) is 0 Å². The molecule has 2 heterocycles. The number of aryl methyl sites for hydroxylation is 1. The Morgan fingerprint density at radius 3 is 2.81 bits per heavy atom. The molecule has 1 amide bonds. The van der Waals surface area contributed by atoms with Gasteiger partial charge in [0, 0.05) is 23.8 Å². The van der Waals surface area contributed by atoms with Crippen LogP contribution in [0.15, 0.2) is 16.7 Å². The minimum Gasteiger partial charge on any atom is -0.378 e. The third kappa shape index (κ3) is 2.41. The number of ether oxygens (including phenoxy) is 1. The normalized spacial score (nSPS) is 16.2. The molecule has 2 rings (SSSR count). The van der Waals surface area contributed by atoms with Gasteiger partial charge in [0.25, 0.3) is 5.91 Å². The van der Waals surface area contributed by atoms with E-state index in [1.54, 1.807) is 11.1 Å². The highest BCUT2D eigenvalue weighted by molar-refractivity contribution is 9.10. The topological polar surface area (TPSA) is 42.4 Å². The van der Waals surface area contributed by atoms with Gasteiger partial charge in [-0.25, -0.2) is 4.98 Å². The number of halogens is 1. The highest BCUT2D eigenvalue weighted by Crippen LogP contribution is 2.16. The van der Waals surface area contributed by atoms with E-state index in [9.17, 15) is 4.79 Å². The summed E-state index contributed by atoms with van der Waals surface area (Å²) in [7, 11) is 0. The maximum Gasteiger partial charge on any atom is 0.272 e. The van der Waals surface area contributed by atoms with Crippen LogP contribution in [0.25, 0.3) is 0 Å². The zero-order chi connectivity index (χ0) is 11.5. The minimum atomic E-state index is -0.0149. The van der Waals surface area contributed by atoms with E-state index < -0.39 is 0 Å². The van der Waals surface area contributed by atoms with Gasteiger partial charge in [-0.3, -0.25) is 4.79 Å². The summed E-state index contributed by atoms with van der Waals surface area (Å²) in [6.07, 6.45) is 1.67. The van der Waals surface area contributed by atoms with Gasteiger partial charge in [-0.15, -0.1) is 0 Å². The van der Waals surface area contributed by atoms with Crippen molar-refractivity contribution >= 4 is 21.8 Å². The lowest BCUT2D eigenvalue weighted by atomic mass is 10.2. The molecule has 16 heavy (non-hydrogen) atoms. The SMILES string of the molecule is Cc1cc(C(=O)N2CCOCC2)ncc1Br. The highest BCUT2D eigenvalue weighted by atomic mass is 79.9. The van der Waals surface area contributed by atoms with Crippen molar-refractivity contribution in [2.75, 3.05) is 26.3 Å². The Morgan fingerprint density at radius 1 is 1.50 bits per heavy atom. The standard InChI is InChI=1S/C11H13BrN2O2/c1-8-6-10(13-7-9(8)12)11(15)14-2-4-16-5-3-14/h6-7H,2-5H2,1H3. The first-order valence-electron chi connectivity index (χ1n) is 5.17. The molecule has 0 spiro atoms. The molecule has 0 unspecified atom stereocenters. The van der Waals surface area contributed by atoms with Crippen LogP contribution in [-0.2, 0) is 4.74 Å². The van der Waals surface area contributed by atoms with Crippen molar-refractivity contribution in [3.8, 4) is 0 Å². The van der Waals surface area contributed by atoms with Crippen LogP contribution in [-0.4, -0.2) is 42.1 Å². The molecule has 5 heteroatoms. The number of rotatable bonds is 1. The molecule has 0 saturated carbocycles. The Bertz CT molecular complexity index is 403. The smallest absolute Gasteiger partial charge is 0.272 e. The number of pyridine rings is 1. The van der Waals surface area contributed by atoms with Gasteiger partial charge < -0.3 is 9.64 Å². The van der Waals surface area contributed by atoms with Crippen molar-refractivity contribution < 1.29 is 9.53 Å². The molecular weight excluding hydrogens is 272 g/mol. The van der Waals surface area contributed by atoms with E-state index in [1.807, 2.05) is 13.0 Å². The molecule has 1 aromatic rings. The van der Waals surface area contributed by atoms with Crippen molar-refractivity contribution in [2.24, 2.45) is 0 Å². The third-order valence-corrected chi connectivity index (χ3v) is 3.39. The molecule has 0 N–H and O–H groups in total. The van der Waals surface area contributed by atoms with Crippen LogP contribution in [0.2, 0.25) is 0 Å². The van der Waals surface area contributed by atoms with Crippen LogP contribution in [0, 0.1) is 6.92 Å². The van der Waals surface area contributed by atoms with Gasteiger partial charge in [0.2, 0.25) is 0 Å². The molecule has 1 fully saturated rings. The first kappa shape index (κ1) is 11.5. The number of hydrogen-bond acceptors (Lipinski definition) is 3. The number of morpholine rings is 1. The van der Waals surface area contributed by atoms with Crippen LogP contribution in [0.5, 0.6) is 0 Å². The molecule has 0 aliphatic carbocycles. The highest BCUT2D eigenvalue weighted by Gasteiger charge is 2.19. The van der Waals surface area contributed by atoms with Crippen molar-refractivity contribution in [1.82, 2.24) is 9.88 Å². The van der Waals surface area contributed by atoms with Crippen LogP contribution in [0.3, 0.4) is 0 Å². The van der Waals surface area contributed by atoms with Crippen molar-refractivity contribution in [1.29, 1.82) is 0 Å². The molecule has 0 atom stereocenters. The summed E-state index contributed by atoms with van der Waals surface area (Å²) in [6, 6.07) is 1.81. The number of amides is 1. The van der Waals surface area contributed by atoms with Gasteiger partial charge in [-0.1, -0.05) is 0 Å². The van der Waals surface area contributed by atoms with E-state index in [4.69, 9.17) is 4.74 Å². The van der Waals surface area contributed by atoms with Gasteiger partial charge in [-0.05, 0) is 34.5 Å². The summed E-state index contributed by atoms with van der Waals surface area (Å²) in [5.74, 6) is -0.0149. The summed E-state index contributed by atoms with van der Waals surface area (Å²) < 4.78 is 6.13. The average Bonchev–Trinajstić information content (AvgIpc) is 2.33. The van der Waals surface area contributed by atoms with E-state index in [0.29, 0.717) is 32.0 Å². The van der Waals surface area contributed by atoms with E-state index in [0.717, 1.165) is 10.0 Å². The van der Waals surface area contributed by atoms with E-state index in [-0.39, 0.29) is 5.91 Å². The third-order valence-electron chi connectivity index (χ3n) is 2.56. The van der Waals surface area contributed by atoms with Gasteiger partial charge in [0.15, 0.2) is 0 Å². The first-order valence-corrected chi connectivity index (χ1v) is 5.97. The molecule has 4 nitrogen and oxygen atoms in total. The van der Waals surface area contributed by atoms with Gasteiger partial charge in [0.1, 0.15) is 5.69 Å².